The summed E-state index contributed by atoms with van der Waals surface area (Å²) in [6.07, 6.45) is 3.46. The number of rotatable bonds is 4. The molecule has 4 heteroatoms. The Labute approximate surface area is 111 Å². The Kier molecular flexibility index (Phi) is 4.03. The van der Waals surface area contributed by atoms with E-state index >= 15 is 0 Å². The Balaban J connectivity index is 2.18. The molecule has 2 nitrogen and oxygen atoms in total. The highest BCUT2D eigenvalue weighted by Gasteiger charge is 2.40. The molecule has 0 N–H and O–H groups in total. The van der Waals surface area contributed by atoms with E-state index in [2.05, 4.69) is 0 Å². The van der Waals surface area contributed by atoms with Gasteiger partial charge in [-0.05, 0) is 37.3 Å². The summed E-state index contributed by atoms with van der Waals surface area (Å²) in [7, 11) is 1.55. The lowest BCUT2D eigenvalue weighted by Gasteiger charge is -2.25. The van der Waals surface area contributed by atoms with Crippen LogP contribution >= 0.6 is 11.6 Å². The molecule has 0 saturated heterocycles. The van der Waals surface area contributed by atoms with Gasteiger partial charge >= 0.3 is 0 Å². The minimum absolute atomic E-state index is 0.0419. The van der Waals surface area contributed by atoms with Gasteiger partial charge in [0.05, 0.1) is 5.02 Å². The number of ether oxygens (including phenoxy) is 1. The number of hydrogen-bond acceptors (Lipinski definition) is 2. The highest BCUT2D eigenvalue weighted by atomic mass is 35.5. The predicted molar refractivity (Wildman–Crippen MR) is 68.3 cm³/mol. The molecule has 0 bridgehead atoms. The van der Waals surface area contributed by atoms with Gasteiger partial charge < -0.3 is 4.74 Å². The van der Waals surface area contributed by atoms with E-state index in [1.54, 1.807) is 19.2 Å². The number of methoxy groups -OCH3 is 1. The fraction of sp³-hybridized carbons (Fsp3) is 0.500. The number of benzene rings is 1. The smallest absolute Gasteiger partial charge is 0.169 e. The molecule has 0 aromatic heterocycles. The van der Waals surface area contributed by atoms with Crippen LogP contribution in [0.25, 0.3) is 0 Å². The standard InChI is InChI=1S/C14H16ClFO2/c1-18-14(7-2-3-8-14)12(17)9-10-5-4-6-11(15)13(10)16/h4-6H,2-3,7-9H2,1H3. The van der Waals surface area contributed by atoms with Gasteiger partial charge in [0.25, 0.3) is 0 Å². The molecule has 2 rings (SSSR count). The summed E-state index contributed by atoms with van der Waals surface area (Å²) < 4.78 is 19.2. The Morgan fingerprint density at radius 3 is 2.72 bits per heavy atom. The lowest BCUT2D eigenvalue weighted by molar-refractivity contribution is -0.139. The summed E-state index contributed by atoms with van der Waals surface area (Å²) in [4.78, 5) is 12.3. The van der Waals surface area contributed by atoms with Gasteiger partial charge in [-0.1, -0.05) is 23.7 Å². The van der Waals surface area contributed by atoms with Crippen LogP contribution in [0.1, 0.15) is 31.2 Å². The highest BCUT2D eigenvalue weighted by Crippen LogP contribution is 2.34. The van der Waals surface area contributed by atoms with Crippen molar-refractivity contribution in [2.24, 2.45) is 0 Å². The fourth-order valence-corrected chi connectivity index (χ4v) is 2.76. The Morgan fingerprint density at radius 1 is 1.44 bits per heavy atom. The fourth-order valence-electron chi connectivity index (χ4n) is 2.56. The molecule has 0 aliphatic heterocycles. The van der Waals surface area contributed by atoms with Crippen LogP contribution in [0.5, 0.6) is 0 Å². The molecular formula is C14H16ClFO2. The lowest BCUT2D eigenvalue weighted by Crippen LogP contribution is -2.39. The summed E-state index contributed by atoms with van der Waals surface area (Å²) >= 11 is 5.71. The second-order valence-electron chi connectivity index (χ2n) is 4.72. The van der Waals surface area contributed by atoms with Crippen LogP contribution in [0.4, 0.5) is 4.39 Å². The summed E-state index contributed by atoms with van der Waals surface area (Å²) in [6, 6.07) is 4.73. The van der Waals surface area contributed by atoms with Crippen LogP contribution in [-0.2, 0) is 16.0 Å². The molecule has 0 radical (unpaired) electrons. The van der Waals surface area contributed by atoms with Crippen molar-refractivity contribution in [3.8, 4) is 0 Å². The maximum Gasteiger partial charge on any atom is 0.169 e. The van der Waals surface area contributed by atoms with Crippen LogP contribution in [-0.4, -0.2) is 18.5 Å². The van der Waals surface area contributed by atoms with Crippen molar-refractivity contribution in [2.45, 2.75) is 37.7 Å². The minimum Gasteiger partial charge on any atom is -0.370 e. The first-order valence-electron chi connectivity index (χ1n) is 6.10. The molecule has 0 amide bonds. The van der Waals surface area contributed by atoms with E-state index in [0.29, 0.717) is 5.56 Å². The third-order valence-electron chi connectivity index (χ3n) is 3.69. The van der Waals surface area contributed by atoms with E-state index in [1.807, 2.05) is 0 Å². The molecule has 0 unspecified atom stereocenters. The van der Waals surface area contributed by atoms with Gasteiger partial charge in [-0.2, -0.15) is 0 Å². The zero-order chi connectivity index (χ0) is 13.2. The van der Waals surface area contributed by atoms with Gasteiger partial charge in [0.15, 0.2) is 5.78 Å². The number of Topliss-reactive ketones (excluding diaryl/α,β-unsaturated/α-hetero) is 1. The maximum atomic E-state index is 13.8. The van der Waals surface area contributed by atoms with E-state index in [9.17, 15) is 9.18 Å². The zero-order valence-electron chi connectivity index (χ0n) is 10.3. The molecule has 0 heterocycles. The SMILES string of the molecule is COC1(C(=O)Cc2cccc(Cl)c2F)CCCC1. The summed E-state index contributed by atoms with van der Waals surface area (Å²) in [5.74, 6) is -0.555. The molecule has 1 fully saturated rings. The Morgan fingerprint density at radius 2 is 2.11 bits per heavy atom. The van der Waals surface area contributed by atoms with Crippen molar-refractivity contribution in [3.05, 3.63) is 34.6 Å². The van der Waals surface area contributed by atoms with E-state index in [0.717, 1.165) is 25.7 Å². The normalized spacial score (nSPS) is 17.9. The van der Waals surface area contributed by atoms with Crippen LogP contribution < -0.4 is 0 Å². The first-order chi connectivity index (χ1) is 8.59. The number of halogens is 2. The van der Waals surface area contributed by atoms with Gasteiger partial charge in [-0.15, -0.1) is 0 Å². The van der Waals surface area contributed by atoms with E-state index in [4.69, 9.17) is 16.3 Å². The Hall–Kier alpha value is -0.930. The maximum absolute atomic E-state index is 13.8. The summed E-state index contributed by atoms with van der Waals surface area (Å²) in [6.45, 7) is 0. The Bertz CT molecular complexity index is 453. The van der Waals surface area contributed by atoms with E-state index < -0.39 is 11.4 Å². The van der Waals surface area contributed by atoms with Crippen molar-refractivity contribution in [2.75, 3.05) is 7.11 Å². The van der Waals surface area contributed by atoms with Crippen molar-refractivity contribution < 1.29 is 13.9 Å². The van der Waals surface area contributed by atoms with Gasteiger partial charge in [0.1, 0.15) is 11.4 Å². The van der Waals surface area contributed by atoms with Crippen molar-refractivity contribution in [1.82, 2.24) is 0 Å². The molecule has 0 spiro atoms. The van der Waals surface area contributed by atoms with Gasteiger partial charge in [0.2, 0.25) is 0 Å². The molecule has 1 aromatic rings. The van der Waals surface area contributed by atoms with E-state index in [-0.39, 0.29) is 17.2 Å². The van der Waals surface area contributed by atoms with Crippen LogP contribution in [0.2, 0.25) is 5.02 Å². The molecule has 0 atom stereocenters. The van der Waals surface area contributed by atoms with Crippen LogP contribution in [0.3, 0.4) is 0 Å². The van der Waals surface area contributed by atoms with Gasteiger partial charge in [0, 0.05) is 13.5 Å². The van der Waals surface area contributed by atoms with Crippen molar-refractivity contribution in [1.29, 1.82) is 0 Å². The van der Waals surface area contributed by atoms with Gasteiger partial charge in [-0.25, -0.2) is 4.39 Å². The average molecular weight is 271 g/mol. The van der Waals surface area contributed by atoms with Crippen molar-refractivity contribution in [3.63, 3.8) is 0 Å². The first kappa shape index (κ1) is 13.5. The summed E-state index contributed by atoms with van der Waals surface area (Å²) in [5, 5.41) is 0.0539. The monoisotopic (exact) mass is 270 g/mol. The molecule has 1 aromatic carbocycles. The van der Waals surface area contributed by atoms with Crippen molar-refractivity contribution >= 4 is 17.4 Å². The number of ketones is 1. The van der Waals surface area contributed by atoms with Crippen LogP contribution in [0, 0.1) is 5.82 Å². The largest absolute Gasteiger partial charge is 0.370 e. The second-order valence-corrected chi connectivity index (χ2v) is 5.13. The topological polar surface area (TPSA) is 26.3 Å². The number of carbonyl (C=O) groups is 1. The third-order valence-corrected chi connectivity index (χ3v) is 3.98. The zero-order valence-corrected chi connectivity index (χ0v) is 11.1. The second kappa shape index (κ2) is 5.37. The predicted octanol–water partition coefficient (Wildman–Crippen LogP) is 3.55. The number of carbonyl (C=O) groups excluding carboxylic acids is 1. The molecular weight excluding hydrogens is 255 g/mol. The van der Waals surface area contributed by atoms with E-state index in [1.165, 1.54) is 6.07 Å². The summed E-state index contributed by atoms with van der Waals surface area (Å²) in [5.41, 5.74) is -0.370. The minimum atomic E-state index is -0.714. The average Bonchev–Trinajstić information content (AvgIpc) is 2.85. The molecule has 1 aliphatic rings. The van der Waals surface area contributed by atoms with Crippen LogP contribution in [0.15, 0.2) is 18.2 Å². The first-order valence-corrected chi connectivity index (χ1v) is 6.48. The van der Waals surface area contributed by atoms with Gasteiger partial charge in [-0.3, -0.25) is 4.79 Å². The highest BCUT2D eigenvalue weighted by molar-refractivity contribution is 6.30. The quantitative estimate of drug-likeness (QED) is 0.836. The lowest BCUT2D eigenvalue weighted by atomic mass is 9.91. The molecule has 1 aliphatic carbocycles. The number of hydrogen-bond donors (Lipinski definition) is 0. The molecule has 98 valence electrons. The third kappa shape index (κ3) is 2.43. The molecule has 1 saturated carbocycles. The molecule has 18 heavy (non-hydrogen) atoms.